The van der Waals surface area contributed by atoms with Gasteiger partial charge in [-0.05, 0) is 49.6 Å². The summed E-state index contributed by atoms with van der Waals surface area (Å²) in [6.07, 6.45) is 14.6. The zero-order valence-electron chi connectivity index (χ0n) is 12.3. The molecule has 1 aromatic carbocycles. The molecule has 0 fully saturated rings. The number of aromatic nitrogens is 1. The molecule has 2 heteroatoms. The van der Waals surface area contributed by atoms with Gasteiger partial charge in [0.25, 0.3) is 0 Å². The molecule has 0 saturated heterocycles. The zero-order valence-corrected chi connectivity index (χ0v) is 12.3. The van der Waals surface area contributed by atoms with Crippen molar-refractivity contribution in [2.75, 3.05) is 5.73 Å². The minimum atomic E-state index is 0.850. The Morgan fingerprint density at radius 1 is 1.33 bits per heavy atom. The predicted molar refractivity (Wildman–Crippen MR) is 93.0 cm³/mol. The molecular weight excluding hydrogens is 256 g/mol. The lowest BCUT2D eigenvalue weighted by Gasteiger charge is -2.11. The topological polar surface area (TPSA) is 30.9 Å². The molecule has 0 atom stereocenters. The molecule has 0 saturated carbocycles. The monoisotopic (exact) mass is 276 g/mol. The normalized spacial score (nSPS) is 14.3. The number of anilines is 1. The van der Waals surface area contributed by atoms with Crippen LogP contribution < -0.4 is 5.73 Å². The van der Waals surface area contributed by atoms with Crippen LogP contribution in [0.1, 0.15) is 24.6 Å². The van der Waals surface area contributed by atoms with Crippen LogP contribution in [0.5, 0.6) is 0 Å². The summed E-state index contributed by atoms with van der Waals surface area (Å²) >= 11 is 0. The van der Waals surface area contributed by atoms with Gasteiger partial charge in [0, 0.05) is 22.5 Å². The number of nitrogen functional groups attached to an aromatic ring is 1. The van der Waals surface area contributed by atoms with Gasteiger partial charge in [0.1, 0.15) is 0 Å². The molecule has 1 aromatic heterocycles. The predicted octanol–water partition coefficient (Wildman–Crippen LogP) is 4.79. The Labute approximate surface area is 125 Å². The van der Waals surface area contributed by atoms with Crippen molar-refractivity contribution >= 4 is 28.4 Å². The molecule has 0 radical (unpaired) electrons. The number of nitrogens with two attached hydrogens (primary N) is 1. The van der Waals surface area contributed by atoms with Crippen molar-refractivity contribution in [3.05, 3.63) is 66.4 Å². The summed E-state index contributed by atoms with van der Waals surface area (Å²) in [6, 6.07) is 6.10. The zero-order chi connectivity index (χ0) is 14.8. The molecule has 0 bridgehead atoms. The van der Waals surface area contributed by atoms with Crippen LogP contribution in [-0.2, 0) is 6.42 Å². The van der Waals surface area contributed by atoms with Crippen molar-refractivity contribution in [3.8, 4) is 0 Å². The summed E-state index contributed by atoms with van der Waals surface area (Å²) < 4.78 is 2.21. The second kappa shape index (κ2) is 5.49. The van der Waals surface area contributed by atoms with E-state index >= 15 is 0 Å². The van der Waals surface area contributed by atoms with E-state index in [0.29, 0.717) is 0 Å². The first-order valence-corrected chi connectivity index (χ1v) is 7.31. The van der Waals surface area contributed by atoms with E-state index in [0.717, 1.165) is 29.7 Å². The second-order valence-corrected chi connectivity index (χ2v) is 5.26. The van der Waals surface area contributed by atoms with Gasteiger partial charge in [-0.3, -0.25) is 0 Å². The number of fused-ring (bicyclic) bond motifs is 3. The number of allylic oxidation sites excluding steroid dienone is 6. The van der Waals surface area contributed by atoms with Crippen LogP contribution in [0, 0.1) is 0 Å². The molecule has 2 nitrogen and oxygen atoms in total. The van der Waals surface area contributed by atoms with Crippen LogP contribution in [0.2, 0.25) is 0 Å². The smallest absolute Gasteiger partial charge is 0.0558 e. The van der Waals surface area contributed by atoms with Crippen molar-refractivity contribution in [1.29, 1.82) is 0 Å². The van der Waals surface area contributed by atoms with Crippen LogP contribution in [0.3, 0.4) is 0 Å². The molecule has 2 N–H and O–H groups in total. The molecule has 1 heterocycles. The first-order chi connectivity index (χ1) is 10.2. The van der Waals surface area contributed by atoms with Crippen molar-refractivity contribution in [1.82, 2.24) is 4.57 Å². The van der Waals surface area contributed by atoms with Crippen LogP contribution in [-0.4, -0.2) is 4.57 Å². The molecule has 106 valence electrons. The Kier molecular flexibility index (Phi) is 3.53. The fourth-order valence-corrected chi connectivity index (χ4v) is 2.98. The molecule has 0 unspecified atom stereocenters. The average Bonchev–Trinajstić information content (AvgIpc) is 2.83. The number of hydrogen-bond donors (Lipinski definition) is 1. The van der Waals surface area contributed by atoms with E-state index in [1.54, 1.807) is 0 Å². The Morgan fingerprint density at radius 2 is 2.19 bits per heavy atom. The van der Waals surface area contributed by atoms with Gasteiger partial charge in [0.05, 0.1) is 5.52 Å². The average molecular weight is 276 g/mol. The van der Waals surface area contributed by atoms with Crippen molar-refractivity contribution in [3.63, 3.8) is 0 Å². The molecule has 2 aromatic rings. The largest absolute Gasteiger partial charge is 0.398 e. The SMILES string of the molecule is C=C(/C=C\C=C/C)n1c2c(c3c(N)cccc31)CCC=C2. The van der Waals surface area contributed by atoms with Crippen molar-refractivity contribution in [2.45, 2.75) is 19.8 Å². The number of hydrogen-bond acceptors (Lipinski definition) is 1. The highest BCUT2D eigenvalue weighted by molar-refractivity contribution is 6.00. The van der Waals surface area contributed by atoms with E-state index in [-0.39, 0.29) is 0 Å². The Balaban J connectivity index is 2.25. The number of rotatable bonds is 3. The van der Waals surface area contributed by atoms with Gasteiger partial charge in [0.2, 0.25) is 0 Å². The van der Waals surface area contributed by atoms with E-state index in [1.807, 2.05) is 43.4 Å². The van der Waals surface area contributed by atoms with Crippen LogP contribution in [0.15, 0.2) is 55.2 Å². The first-order valence-electron chi connectivity index (χ1n) is 7.31. The summed E-state index contributed by atoms with van der Waals surface area (Å²) in [4.78, 5) is 0. The minimum Gasteiger partial charge on any atom is -0.398 e. The molecular formula is C19H20N2. The lowest BCUT2D eigenvalue weighted by atomic mass is 10.00. The van der Waals surface area contributed by atoms with Crippen LogP contribution in [0.25, 0.3) is 22.7 Å². The van der Waals surface area contributed by atoms with Gasteiger partial charge < -0.3 is 10.3 Å². The molecule has 3 rings (SSSR count). The van der Waals surface area contributed by atoms with Gasteiger partial charge in [-0.2, -0.15) is 0 Å². The van der Waals surface area contributed by atoms with E-state index in [2.05, 4.69) is 29.4 Å². The lowest BCUT2D eigenvalue weighted by molar-refractivity contribution is 0.975. The summed E-state index contributed by atoms with van der Waals surface area (Å²) in [5.74, 6) is 0. The number of benzene rings is 1. The Bertz CT molecular complexity index is 785. The maximum Gasteiger partial charge on any atom is 0.0558 e. The van der Waals surface area contributed by atoms with Gasteiger partial charge in [-0.1, -0.05) is 36.9 Å². The lowest BCUT2D eigenvalue weighted by Crippen LogP contribution is -1.99. The highest BCUT2D eigenvalue weighted by atomic mass is 15.0. The molecule has 1 aliphatic rings. The quantitative estimate of drug-likeness (QED) is 0.634. The first kappa shape index (κ1) is 13.5. The van der Waals surface area contributed by atoms with Gasteiger partial charge in [-0.25, -0.2) is 0 Å². The Morgan fingerprint density at radius 3 is 3.00 bits per heavy atom. The minimum absolute atomic E-state index is 0.850. The van der Waals surface area contributed by atoms with Crippen LogP contribution in [0.4, 0.5) is 5.69 Å². The molecule has 0 amide bonds. The van der Waals surface area contributed by atoms with Gasteiger partial charge in [0.15, 0.2) is 0 Å². The molecule has 0 aliphatic heterocycles. The standard InChI is InChI=1S/C19H20N2/c1-3-4-5-9-14(2)21-17-12-7-6-10-15(17)19-16(20)11-8-13-18(19)21/h3-5,7-9,11-13H,2,6,10,20H2,1H3/b4-3-,9-5-. The maximum atomic E-state index is 6.22. The summed E-state index contributed by atoms with van der Waals surface area (Å²) in [5.41, 5.74) is 11.7. The van der Waals surface area contributed by atoms with Crippen LogP contribution >= 0.6 is 0 Å². The van der Waals surface area contributed by atoms with Crippen molar-refractivity contribution in [2.24, 2.45) is 0 Å². The summed E-state index contributed by atoms with van der Waals surface area (Å²) in [5, 5.41) is 1.18. The highest BCUT2D eigenvalue weighted by Crippen LogP contribution is 2.36. The Hall–Kier alpha value is -2.48. The highest BCUT2D eigenvalue weighted by Gasteiger charge is 2.19. The fraction of sp³-hybridized carbons (Fsp3) is 0.158. The maximum absolute atomic E-state index is 6.22. The third kappa shape index (κ3) is 2.23. The number of nitrogens with zero attached hydrogens (tertiary/aromatic N) is 1. The molecule has 21 heavy (non-hydrogen) atoms. The van der Waals surface area contributed by atoms with E-state index in [4.69, 9.17) is 5.73 Å². The van der Waals surface area contributed by atoms with E-state index in [1.165, 1.54) is 16.6 Å². The third-order valence-electron chi connectivity index (χ3n) is 3.88. The number of aryl methyl sites for hydroxylation is 1. The summed E-state index contributed by atoms with van der Waals surface area (Å²) in [6.45, 7) is 6.23. The van der Waals surface area contributed by atoms with E-state index < -0.39 is 0 Å². The van der Waals surface area contributed by atoms with Gasteiger partial charge in [-0.15, -0.1) is 0 Å². The molecule has 1 aliphatic carbocycles. The fourth-order valence-electron chi connectivity index (χ4n) is 2.98. The van der Waals surface area contributed by atoms with E-state index in [9.17, 15) is 0 Å². The summed E-state index contributed by atoms with van der Waals surface area (Å²) in [7, 11) is 0. The van der Waals surface area contributed by atoms with Crippen molar-refractivity contribution < 1.29 is 0 Å². The second-order valence-electron chi connectivity index (χ2n) is 5.26. The molecule has 0 spiro atoms. The third-order valence-corrected chi connectivity index (χ3v) is 3.88. The van der Waals surface area contributed by atoms with Gasteiger partial charge >= 0.3 is 0 Å².